The van der Waals surface area contributed by atoms with E-state index in [0.29, 0.717) is 31.8 Å². The summed E-state index contributed by atoms with van der Waals surface area (Å²) < 4.78 is 5.40. The van der Waals surface area contributed by atoms with Crippen molar-refractivity contribution in [2.75, 3.05) is 33.4 Å². The number of carbonyl (C=O) groups excluding carboxylic acids is 1. The van der Waals surface area contributed by atoms with E-state index >= 15 is 0 Å². The summed E-state index contributed by atoms with van der Waals surface area (Å²) >= 11 is 0. The van der Waals surface area contributed by atoms with Crippen LogP contribution in [0.1, 0.15) is 32.6 Å². The highest BCUT2D eigenvalue weighted by molar-refractivity contribution is 5.73. The standard InChI is InChI=1S/C14H26N2O4/c1-11(13(17)18)5-3-7-15-14(19)16(2)9-12-6-4-8-20-10-12/h11-12H,3-10H2,1-2H3,(H,15,19)(H,17,18). The molecule has 0 radical (unpaired) electrons. The molecule has 2 atom stereocenters. The fraction of sp³-hybridized carbons (Fsp3) is 0.857. The molecule has 2 unspecified atom stereocenters. The Bertz CT molecular complexity index is 316. The quantitative estimate of drug-likeness (QED) is 0.696. The SMILES string of the molecule is CC(CCCNC(=O)N(C)CC1CCCOC1)C(=O)O. The highest BCUT2D eigenvalue weighted by Gasteiger charge is 2.18. The molecule has 0 saturated carbocycles. The number of ether oxygens (including phenoxy) is 1. The van der Waals surface area contributed by atoms with Crippen molar-refractivity contribution >= 4 is 12.0 Å². The lowest BCUT2D eigenvalue weighted by atomic mass is 10.0. The summed E-state index contributed by atoms with van der Waals surface area (Å²) in [6.45, 7) is 4.46. The highest BCUT2D eigenvalue weighted by atomic mass is 16.5. The number of amides is 2. The Morgan fingerprint density at radius 1 is 1.50 bits per heavy atom. The molecule has 1 aliphatic heterocycles. The van der Waals surface area contributed by atoms with Gasteiger partial charge in [-0.3, -0.25) is 4.79 Å². The van der Waals surface area contributed by atoms with Crippen LogP contribution in [0.3, 0.4) is 0 Å². The van der Waals surface area contributed by atoms with Gasteiger partial charge in [-0.15, -0.1) is 0 Å². The Morgan fingerprint density at radius 2 is 2.25 bits per heavy atom. The molecule has 2 N–H and O–H groups in total. The first-order valence-corrected chi connectivity index (χ1v) is 7.30. The van der Waals surface area contributed by atoms with E-state index in [-0.39, 0.29) is 11.9 Å². The van der Waals surface area contributed by atoms with Crippen molar-refractivity contribution in [1.82, 2.24) is 10.2 Å². The van der Waals surface area contributed by atoms with Gasteiger partial charge in [0, 0.05) is 32.7 Å². The van der Waals surface area contributed by atoms with Crippen molar-refractivity contribution in [3.63, 3.8) is 0 Å². The molecule has 1 heterocycles. The molecule has 1 saturated heterocycles. The number of carboxylic acid groups (broad SMARTS) is 1. The predicted molar refractivity (Wildman–Crippen MR) is 75.6 cm³/mol. The zero-order valence-electron chi connectivity index (χ0n) is 12.4. The molecule has 1 aliphatic rings. The summed E-state index contributed by atoms with van der Waals surface area (Å²) in [6.07, 6.45) is 3.43. The molecule has 0 aromatic heterocycles. The lowest BCUT2D eigenvalue weighted by Crippen LogP contribution is -2.41. The number of hydrogen-bond acceptors (Lipinski definition) is 3. The number of aliphatic carboxylic acids is 1. The number of nitrogens with zero attached hydrogens (tertiary/aromatic N) is 1. The second-order valence-electron chi connectivity index (χ2n) is 5.58. The summed E-state index contributed by atoms with van der Waals surface area (Å²) in [5, 5.41) is 11.6. The average Bonchev–Trinajstić information content (AvgIpc) is 2.43. The van der Waals surface area contributed by atoms with E-state index in [1.54, 1.807) is 18.9 Å². The lowest BCUT2D eigenvalue weighted by molar-refractivity contribution is -0.141. The van der Waals surface area contributed by atoms with Crippen molar-refractivity contribution in [3.05, 3.63) is 0 Å². The molecule has 2 amide bonds. The third-order valence-electron chi connectivity index (χ3n) is 3.65. The van der Waals surface area contributed by atoms with Gasteiger partial charge in [0.25, 0.3) is 0 Å². The Hall–Kier alpha value is -1.30. The molecule has 0 aromatic rings. The number of carboxylic acids is 1. The molecular formula is C14H26N2O4. The Balaban J connectivity index is 2.13. The summed E-state index contributed by atoms with van der Waals surface area (Å²) in [5.41, 5.74) is 0. The van der Waals surface area contributed by atoms with Crippen LogP contribution in [0.25, 0.3) is 0 Å². The minimum absolute atomic E-state index is 0.0986. The maximum atomic E-state index is 11.9. The van der Waals surface area contributed by atoms with Crippen LogP contribution < -0.4 is 5.32 Å². The van der Waals surface area contributed by atoms with Gasteiger partial charge >= 0.3 is 12.0 Å². The van der Waals surface area contributed by atoms with Crippen LogP contribution in [0.15, 0.2) is 0 Å². The van der Waals surface area contributed by atoms with Gasteiger partial charge in [-0.05, 0) is 25.7 Å². The van der Waals surface area contributed by atoms with E-state index in [1.807, 2.05) is 0 Å². The number of nitrogens with one attached hydrogen (secondary N) is 1. The molecule has 1 fully saturated rings. The summed E-state index contributed by atoms with van der Waals surface area (Å²) in [5.74, 6) is -0.721. The van der Waals surface area contributed by atoms with Gasteiger partial charge < -0.3 is 20.1 Å². The van der Waals surface area contributed by atoms with E-state index < -0.39 is 5.97 Å². The molecule has 0 aromatic carbocycles. The minimum atomic E-state index is -0.786. The second-order valence-corrected chi connectivity index (χ2v) is 5.58. The largest absolute Gasteiger partial charge is 0.481 e. The minimum Gasteiger partial charge on any atom is -0.481 e. The van der Waals surface area contributed by atoms with Crippen LogP contribution in [0.2, 0.25) is 0 Å². The number of hydrogen-bond donors (Lipinski definition) is 2. The van der Waals surface area contributed by atoms with Gasteiger partial charge in [-0.25, -0.2) is 4.79 Å². The van der Waals surface area contributed by atoms with E-state index in [2.05, 4.69) is 5.32 Å². The fourth-order valence-electron chi connectivity index (χ4n) is 2.28. The first-order valence-electron chi connectivity index (χ1n) is 7.30. The predicted octanol–water partition coefficient (Wildman–Crippen LogP) is 1.56. The fourth-order valence-corrected chi connectivity index (χ4v) is 2.28. The lowest BCUT2D eigenvalue weighted by Gasteiger charge is -2.27. The van der Waals surface area contributed by atoms with Gasteiger partial charge in [0.05, 0.1) is 12.5 Å². The molecule has 20 heavy (non-hydrogen) atoms. The van der Waals surface area contributed by atoms with Crippen LogP contribution in [0.5, 0.6) is 0 Å². The van der Waals surface area contributed by atoms with Crippen molar-refractivity contribution < 1.29 is 19.4 Å². The number of rotatable bonds is 7. The number of urea groups is 1. The summed E-state index contributed by atoms with van der Waals surface area (Å²) in [7, 11) is 1.78. The second kappa shape index (κ2) is 8.79. The molecule has 6 heteroatoms. The van der Waals surface area contributed by atoms with Crippen molar-refractivity contribution in [1.29, 1.82) is 0 Å². The molecule has 0 spiro atoms. The van der Waals surface area contributed by atoms with Crippen LogP contribution in [-0.2, 0) is 9.53 Å². The van der Waals surface area contributed by atoms with Crippen molar-refractivity contribution in [3.8, 4) is 0 Å². The number of carbonyl (C=O) groups is 2. The molecule has 0 aliphatic carbocycles. The Labute approximate surface area is 120 Å². The van der Waals surface area contributed by atoms with Crippen LogP contribution in [0.4, 0.5) is 4.79 Å². The van der Waals surface area contributed by atoms with Crippen LogP contribution >= 0.6 is 0 Å². The zero-order valence-corrected chi connectivity index (χ0v) is 12.4. The highest BCUT2D eigenvalue weighted by Crippen LogP contribution is 2.14. The third kappa shape index (κ3) is 6.23. The van der Waals surface area contributed by atoms with Gasteiger partial charge in [0.2, 0.25) is 0 Å². The Morgan fingerprint density at radius 3 is 2.85 bits per heavy atom. The normalized spacial score (nSPS) is 20.2. The van der Waals surface area contributed by atoms with Gasteiger partial charge in [0.15, 0.2) is 0 Å². The molecule has 1 rings (SSSR count). The van der Waals surface area contributed by atoms with Gasteiger partial charge in [-0.2, -0.15) is 0 Å². The molecule has 6 nitrogen and oxygen atoms in total. The maximum absolute atomic E-state index is 11.9. The topological polar surface area (TPSA) is 78.9 Å². The van der Waals surface area contributed by atoms with Crippen LogP contribution in [-0.4, -0.2) is 55.4 Å². The monoisotopic (exact) mass is 286 g/mol. The first kappa shape index (κ1) is 16.8. The van der Waals surface area contributed by atoms with E-state index in [0.717, 1.165) is 26.1 Å². The molecular weight excluding hydrogens is 260 g/mol. The van der Waals surface area contributed by atoms with Gasteiger partial charge in [0.1, 0.15) is 0 Å². The Kier molecular flexibility index (Phi) is 7.36. The van der Waals surface area contributed by atoms with E-state index in [9.17, 15) is 9.59 Å². The summed E-state index contributed by atoms with van der Waals surface area (Å²) in [6, 6.07) is -0.0986. The zero-order chi connectivity index (χ0) is 15.0. The third-order valence-corrected chi connectivity index (χ3v) is 3.65. The molecule has 0 bridgehead atoms. The maximum Gasteiger partial charge on any atom is 0.317 e. The van der Waals surface area contributed by atoms with E-state index in [1.165, 1.54) is 0 Å². The smallest absolute Gasteiger partial charge is 0.317 e. The molecule has 116 valence electrons. The average molecular weight is 286 g/mol. The van der Waals surface area contributed by atoms with Crippen molar-refractivity contribution in [2.24, 2.45) is 11.8 Å². The first-order chi connectivity index (χ1) is 9.50. The van der Waals surface area contributed by atoms with Gasteiger partial charge in [-0.1, -0.05) is 6.92 Å². The summed E-state index contributed by atoms with van der Waals surface area (Å²) in [4.78, 5) is 24.2. The van der Waals surface area contributed by atoms with Crippen molar-refractivity contribution in [2.45, 2.75) is 32.6 Å². The van der Waals surface area contributed by atoms with E-state index in [4.69, 9.17) is 9.84 Å². The van der Waals surface area contributed by atoms with Crippen LogP contribution in [0, 0.1) is 11.8 Å².